The van der Waals surface area contributed by atoms with Crippen molar-refractivity contribution in [2.24, 2.45) is 5.10 Å². The van der Waals surface area contributed by atoms with Crippen molar-refractivity contribution >= 4 is 17.8 Å². The Labute approximate surface area is 238 Å². The highest BCUT2D eigenvalue weighted by molar-refractivity contribution is 5.95. The summed E-state index contributed by atoms with van der Waals surface area (Å²) >= 11 is 0. The second kappa shape index (κ2) is 14.3. The quantitative estimate of drug-likeness (QED) is 0.255. The van der Waals surface area contributed by atoms with Gasteiger partial charge in [0.15, 0.2) is 11.5 Å². The van der Waals surface area contributed by atoms with E-state index in [1.807, 2.05) is 0 Å². The minimum absolute atomic E-state index is 0.128. The van der Waals surface area contributed by atoms with Crippen LogP contribution < -0.4 is 29.3 Å². The van der Waals surface area contributed by atoms with E-state index in [2.05, 4.69) is 20.3 Å². The first-order valence-electron chi connectivity index (χ1n) is 13.2. The monoisotopic (exact) mass is 566 g/mol. The summed E-state index contributed by atoms with van der Waals surface area (Å²) in [6, 6.07) is 16.5. The van der Waals surface area contributed by atoms with Gasteiger partial charge >= 0.3 is 0 Å². The summed E-state index contributed by atoms with van der Waals surface area (Å²) in [6.45, 7) is 3.80. The molecule has 0 saturated carbocycles. The number of β-amino-alcohol motifs (C(OH)–C–C–N with tert-alkyl or cyclic N) is 1. The molecule has 0 aromatic heterocycles. The number of carbonyl (C=O) groups excluding carboxylic acids is 1. The Morgan fingerprint density at radius 3 is 2.20 bits per heavy atom. The molecule has 0 aliphatic carbocycles. The first-order chi connectivity index (χ1) is 19.9. The van der Waals surface area contributed by atoms with Crippen molar-refractivity contribution in [1.82, 2.24) is 10.3 Å². The standard InChI is InChI=1S/C30H35FN4O6/c1-38-27-16-21(17-28(39-2)29(27)40-3)18-32-33-30(37)22-4-10-26(11-5-22)41-20-25(36)19-34-12-14-35(15-13-34)24-8-6-23(31)7-9-24/h4-11,16-18,25,36H,12-15,19-20H2,1-3H3,(H,33,37)/b32-18+/t25-/m0/s1. The molecule has 10 nitrogen and oxygen atoms in total. The van der Waals surface area contributed by atoms with Crippen LogP contribution in [0.3, 0.4) is 0 Å². The number of ether oxygens (including phenoxy) is 4. The highest BCUT2D eigenvalue weighted by Gasteiger charge is 2.20. The molecule has 1 heterocycles. The number of carbonyl (C=O) groups is 1. The Balaban J connectivity index is 1.20. The van der Waals surface area contributed by atoms with Gasteiger partial charge in [-0.3, -0.25) is 9.69 Å². The summed E-state index contributed by atoms with van der Waals surface area (Å²) in [5.74, 6) is 1.33. The first-order valence-corrected chi connectivity index (χ1v) is 13.2. The Bertz CT molecular complexity index is 1290. The number of rotatable bonds is 12. The van der Waals surface area contributed by atoms with Crippen LogP contribution in [-0.2, 0) is 0 Å². The van der Waals surface area contributed by atoms with Crippen molar-refractivity contribution < 1.29 is 33.2 Å². The van der Waals surface area contributed by atoms with Crippen LogP contribution in [0.2, 0.25) is 0 Å². The molecular formula is C30H35FN4O6. The van der Waals surface area contributed by atoms with Crippen molar-refractivity contribution in [3.05, 3.63) is 77.6 Å². The lowest BCUT2D eigenvalue weighted by molar-refractivity contribution is 0.0663. The van der Waals surface area contributed by atoms with E-state index in [1.165, 1.54) is 39.7 Å². The molecule has 1 atom stereocenters. The van der Waals surface area contributed by atoms with Gasteiger partial charge in [0.05, 0.1) is 27.5 Å². The van der Waals surface area contributed by atoms with Crippen LogP contribution in [0.4, 0.5) is 10.1 Å². The molecule has 2 N–H and O–H groups in total. The third kappa shape index (κ3) is 8.09. The number of nitrogens with zero attached hydrogens (tertiary/aromatic N) is 3. The molecule has 3 aromatic rings. The third-order valence-corrected chi connectivity index (χ3v) is 6.66. The normalized spacial score (nSPS) is 14.5. The maximum Gasteiger partial charge on any atom is 0.271 e. The summed E-state index contributed by atoms with van der Waals surface area (Å²) in [5, 5.41) is 14.5. The van der Waals surface area contributed by atoms with Gasteiger partial charge in [-0.15, -0.1) is 0 Å². The molecule has 0 unspecified atom stereocenters. The zero-order valence-electron chi connectivity index (χ0n) is 23.4. The molecule has 0 bridgehead atoms. The zero-order chi connectivity index (χ0) is 29.2. The molecule has 1 fully saturated rings. The van der Waals surface area contributed by atoms with E-state index >= 15 is 0 Å². The fraction of sp³-hybridized carbons (Fsp3) is 0.333. The smallest absolute Gasteiger partial charge is 0.271 e. The van der Waals surface area contributed by atoms with Crippen molar-refractivity contribution in [2.75, 3.05) is 65.6 Å². The van der Waals surface area contributed by atoms with Crippen molar-refractivity contribution in [1.29, 1.82) is 0 Å². The van der Waals surface area contributed by atoms with Crippen molar-refractivity contribution in [2.45, 2.75) is 6.10 Å². The second-order valence-corrected chi connectivity index (χ2v) is 9.41. The van der Waals surface area contributed by atoms with E-state index in [9.17, 15) is 14.3 Å². The topological polar surface area (TPSA) is 105 Å². The number of amides is 1. The predicted octanol–water partition coefficient (Wildman–Crippen LogP) is 3.18. The molecular weight excluding hydrogens is 531 g/mol. The lowest BCUT2D eigenvalue weighted by Gasteiger charge is -2.36. The molecule has 1 aliphatic heterocycles. The number of methoxy groups -OCH3 is 3. The summed E-state index contributed by atoms with van der Waals surface area (Å²) in [5.41, 5.74) is 4.54. The zero-order valence-corrected chi connectivity index (χ0v) is 23.4. The van der Waals surface area contributed by atoms with Crippen LogP contribution in [0.1, 0.15) is 15.9 Å². The SMILES string of the molecule is COc1cc(/C=N/NC(=O)c2ccc(OC[C@@H](O)CN3CCN(c4ccc(F)cc4)CC3)cc2)cc(OC)c1OC. The molecule has 1 saturated heterocycles. The van der Waals surface area contributed by atoms with E-state index < -0.39 is 6.10 Å². The summed E-state index contributed by atoms with van der Waals surface area (Å²) in [6.07, 6.45) is 0.809. The largest absolute Gasteiger partial charge is 0.493 e. The van der Waals surface area contributed by atoms with E-state index in [4.69, 9.17) is 18.9 Å². The lowest BCUT2D eigenvalue weighted by atomic mass is 10.2. The lowest BCUT2D eigenvalue weighted by Crippen LogP contribution is -2.49. The van der Waals surface area contributed by atoms with E-state index in [-0.39, 0.29) is 18.3 Å². The number of hydrazone groups is 1. The Kier molecular flexibility index (Phi) is 10.4. The highest BCUT2D eigenvalue weighted by atomic mass is 19.1. The van der Waals surface area contributed by atoms with Crippen LogP contribution in [0.5, 0.6) is 23.0 Å². The number of hydrogen-bond donors (Lipinski definition) is 2. The Hall–Kier alpha value is -4.35. The molecule has 0 radical (unpaired) electrons. The first kappa shape index (κ1) is 29.6. The average molecular weight is 567 g/mol. The van der Waals surface area contributed by atoms with E-state index in [1.54, 1.807) is 48.5 Å². The predicted molar refractivity (Wildman–Crippen MR) is 154 cm³/mol. The van der Waals surface area contributed by atoms with Crippen LogP contribution in [0, 0.1) is 5.82 Å². The summed E-state index contributed by atoms with van der Waals surface area (Å²) < 4.78 is 34.9. The van der Waals surface area contributed by atoms with Gasteiger partial charge in [-0.2, -0.15) is 5.10 Å². The molecule has 3 aromatic carbocycles. The van der Waals surface area contributed by atoms with Gasteiger partial charge in [-0.1, -0.05) is 0 Å². The van der Waals surface area contributed by atoms with Gasteiger partial charge in [0, 0.05) is 49.5 Å². The molecule has 0 spiro atoms. The van der Waals surface area contributed by atoms with Gasteiger partial charge in [-0.25, -0.2) is 9.82 Å². The van der Waals surface area contributed by atoms with Gasteiger partial charge in [0.1, 0.15) is 24.3 Å². The summed E-state index contributed by atoms with van der Waals surface area (Å²) in [7, 11) is 4.57. The van der Waals surface area contributed by atoms with Gasteiger partial charge < -0.3 is 29.0 Å². The number of nitrogens with one attached hydrogen (secondary N) is 1. The number of aliphatic hydroxyl groups excluding tert-OH is 1. The van der Waals surface area contributed by atoms with Crippen molar-refractivity contribution in [3.8, 4) is 23.0 Å². The Morgan fingerprint density at radius 2 is 1.61 bits per heavy atom. The number of anilines is 1. The van der Waals surface area contributed by atoms with Crippen LogP contribution >= 0.6 is 0 Å². The highest BCUT2D eigenvalue weighted by Crippen LogP contribution is 2.37. The maximum absolute atomic E-state index is 13.2. The van der Waals surface area contributed by atoms with Crippen LogP contribution in [0.15, 0.2) is 65.8 Å². The number of aliphatic hydroxyl groups is 1. The van der Waals surface area contributed by atoms with E-state index in [0.717, 1.165) is 31.9 Å². The number of hydrogen-bond acceptors (Lipinski definition) is 9. The molecule has 1 aliphatic rings. The number of halogens is 1. The van der Waals surface area contributed by atoms with Gasteiger partial charge in [0.25, 0.3) is 5.91 Å². The molecule has 1 amide bonds. The molecule has 4 rings (SSSR count). The van der Waals surface area contributed by atoms with Crippen LogP contribution in [-0.4, -0.2) is 88.9 Å². The number of benzene rings is 3. The van der Waals surface area contributed by atoms with Crippen molar-refractivity contribution in [3.63, 3.8) is 0 Å². The molecule has 218 valence electrons. The number of piperazine rings is 1. The summed E-state index contributed by atoms with van der Waals surface area (Å²) in [4.78, 5) is 16.9. The second-order valence-electron chi connectivity index (χ2n) is 9.41. The minimum atomic E-state index is -0.667. The van der Waals surface area contributed by atoms with Gasteiger partial charge in [-0.05, 0) is 60.7 Å². The van der Waals surface area contributed by atoms with Crippen LogP contribution in [0.25, 0.3) is 0 Å². The average Bonchev–Trinajstić information content (AvgIpc) is 3.00. The van der Waals surface area contributed by atoms with E-state index in [0.29, 0.717) is 40.7 Å². The third-order valence-electron chi connectivity index (χ3n) is 6.66. The fourth-order valence-electron chi connectivity index (χ4n) is 4.49. The Morgan fingerprint density at radius 1 is 0.976 bits per heavy atom. The fourth-order valence-corrected chi connectivity index (χ4v) is 4.49. The minimum Gasteiger partial charge on any atom is -0.493 e. The molecule has 41 heavy (non-hydrogen) atoms. The van der Waals surface area contributed by atoms with Gasteiger partial charge in [0.2, 0.25) is 5.75 Å². The maximum atomic E-state index is 13.2. The molecule has 11 heteroatoms.